The minimum absolute atomic E-state index is 0.141. The van der Waals surface area contributed by atoms with Crippen LogP contribution in [0.25, 0.3) is 0 Å². The van der Waals surface area contributed by atoms with Crippen molar-refractivity contribution < 1.29 is 5.11 Å². The van der Waals surface area contributed by atoms with Crippen LogP contribution >= 0.6 is 0 Å². The fraction of sp³-hybridized carbons (Fsp3) is 0.833. The van der Waals surface area contributed by atoms with Gasteiger partial charge in [-0.15, -0.1) is 0 Å². The van der Waals surface area contributed by atoms with E-state index >= 15 is 0 Å². The lowest BCUT2D eigenvalue weighted by Gasteiger charge is -2.60. The number of H-pyrrole nitrogens is 1. The molecule has 4 aliphatic carbocycles. The van der Waals surface area contributed by atoms with Crippen LogP contribution in [0, 0.1) is 46.3 Å². The summed E-state index contributed by atoms with van der Waals surface area (Å²) in [6, 6.07) is 0. The molecule has 3 fully saturated rings. The van der Waals surface area contributed by atoms with E-state index in [1.165, 1.54) is 56.9 Å². The van der Waals surface area contributed by atoms with E-state index < -0.39 is 0 Å². The van der Waals surface area contributed by atoms with Gasteiger partial charge in [0.15, 0.2) is 0 Å². The van der Waals surface area contributed by atoms with Gasteiger partial charge in [0.25, 0.3) is 0 Å². The van der Waals surface area contributed by atoms with Crippen LogP contribution in [-0.2, 0) is 0 Å². The van der Waals surface area contributed by atoms with E-state index in [0.29, 0.717) is 11.3 Å². The third-order valence-corrected chi connectivity index (χ3v) is 11.3. The van der Waals surface area contributed by atoms with Crippen molar-refractivity contribution in [2.45, 2.75) is 111 Å². The summed E-state index contributed by atoms with van der Waals surface area (Å²) in [7, 11) is 0. The van der Waals surface area contributed by atoms with Crippen LogP contribution in [-0.4, -0.2) is 21.2 Å². The van der Waals surface area contributed by atoms with E-state index in [2.05, 4.69) is 45.7 Å². The van der Waals surface area contributed by atoms with E-state index in [-0.39, 0.29) is 11.5 Å². The minimum atomic E-state index is -0.229. The predicted octanol–water partition coefficient (Wildman–Crippen LogP) is 7.51. The minimum Gasteiger partial charge on any atom is -0.393 e. The molecule has 33 heavy (non-hydrogen) atoms. The molecule has 0 spiro atoms. The Bertz CT molecular complexity index is 843. The van der Waals surface area contributed by atoms with Crippen molar-refractivity contribution in [1.29, 1.82) is 0 Å². The van der Waals surface area contributed by atoms with Crippen LogP contribution < -0.4 is 0 Å². The normalized spacial score (nSPS) is 43.5. The highest BCUT2D eigenvalue weighted by Gasteiger charge is 2.61. The summed E-state index contributed by atoms with van der Waals surface area (Å²) in [4.78, 5) is 8.15. The van der Waals surface area contributed by atoms with Crippen molar-refractivity contribution in [1.82, 2.24) is 9.97 Å². The van der Waals surface area contributed by atoms with Gasteiger partial charge in [0.05, 0.1) is 6.10 Å². The van der Waals surface area contributed by atoms with E-state index in [0.717, 1.165) is 54.2 Å². The molecule has 0 radical (unpaired) electrons. The molecule has 9 atom stereocenters. The lowest BCUT2D eigenvalue weighted by molar-refractivity contribution is -0.0661. The molecule has 0 aliphatic heterocycles. The topological polar surface area (TPSA) is 48.9 Å². The number of aromatic amines is 1. The molecule has 3 heteroatoms. The molecular weight excluding hydrogens is 404 g/mol. The number of hydrogen-bond acceptors (Lipinski definition) is 2. The highest BCUT2D eigenvalue weighted by atomic mass is 16.3. The highest BCUT2D eigenvalue weighted by Crippen LogP contribution is 2.69. The monoisotopic (exact) mass is 452 g/mol. The maximum absolute atomic E-state index is 10.7. The van der Waals surface area contributed by atoms with E-state index in [1.54, 1.807) is 0 Å². The molecular formula is C30H48N2O. The Labute approximate surface area is 202 Å². The van der Waals surface area contributed by atoms with Gasteiger partial charge < -0.3 is 10.1 Å². The maximum atomic E-state index is 10.7. The summed E-state index contributed by atoms with van der Waals surface area (Å²) in [5, 5.41) is 10.7. The van der Waals surface area contributed by atoms with Gasteiger partial charge in [-0.05, 0) is 85.9 Å². The summed E-state index contributed by atoms with van der Waals surface area (Å²) in [6.45, 7) is 12.5. The molecule has 3 nitrogen and oxygen atoms in total. The summed E-state index contributed by atoms with van der Waals surface area (Å²) >= 11 is 0. The summed E-state index contributed by atoms with van der Waals surface area (Å²) in [6.07, 6.45) is 19.0. The van der Waals surface area contributed by atoms with Gasteiger partial charge in [-0.2, -0.15) is 0 Å². The number of hydrogen-bond donors (Lipinski definition) is 2. The first-order valence-corrected chi connectivity index (χ1v) is 14.1. The van der Waals surface area contributed by atoms with Gasteiger partial charge in [0, 0.05) is 23.7 Å². The second-order valence-corrected chi connectivity index (χ2v) is 13.3. The summed E-state index contributed by atoms with van der Waals surface area (Å²) in [5.74, 6) is 6.41. The van der Waals surface area contributed by atoms with Crippen molar-refractivity contribution in [3.05, 3.63) is 29.9 Å². The van der Waals surface area contributed by atoms with Gasteiger partial charge >= 0.3 is 0 Å². The Balaban J connectivity index is 1.40. The number of fused-ring (bicyclic) bond motifs is 5. The number of allylic oxidation sites excluding steroid dienone is 1. The molecule has 1 unspecified atom stereocenters. The first-order valence-electron chi connectivity index (χ1n) is 14.1. The van der Waals surface area contributed by atoms with Crippen LogP contribution in [0.3, 0.4) is 0 Å². The van der Waals surface area contributed by atoms with Crippen LogP contribution in [0.1, 0.15) is 111 Å². The Morgan fingerprint density at radius 3 is 2.67 bits per heavy atom. The van der Waals surface area contributed by atoms with Gasteiger partial charge in [0.1, 0.15) is 5.82 Å². The predicted molar refractivity (Wildman–Crippen MR) is 136 cm³/mol. The zero-order valence-corrected chi connectivity index (χ0v) is 21.8. The third kappa shape index (κ3) is 3.85. The Kier molecular flexibility index (Phi) is 6.34. The molecule has 5 rings (SSSR count). The zero-order valence-electron chi connectivity index (χ0n) is 21.8. The second kappa shape index (κ2) is 8.85. The van der Waals surface area contributed by atoms with Crippen LogP contribution in [0.15, 0.2) is 24.0 Å². The number of imidazole rings is 1. The first kappa shape index (κ1) is 23.6. The molecule has 0 aromatic carbocycles. The molecule has 3 saturated carbocycles. The SMILES string of the molecule is CC(C)CCC[C@@H](C)[C@H]1CC[C@H]2[C@@H]3CC=C4C[C@@H](O)CC(c5ncc[nH]5)[C@]4(C)[C@H]3CC[C@]12C. The number of aliphatic hydroxyl groups is 1. The lowest BCUT2D eigenvalue weighted by Crippen LogP contribution is -2.53. The number of nitrogens with zero attached hydrogens (tertiary/aromatic N) is 1. The van der Waals surface area contributed by atoms with E-state index in [9.17, 15) is 5.11 Å². The maximum Gasteiger partial charge on any atom is 0.110 e. The second-order valence-electron chi connectivity index (χ2n) is 13.3. The average Bonchev–Trinajstić information content (AvgIpc) is 3.41. The fourth-order valence-corrected chi connectivity index (χ4v) is 9.62. The molecule has 184 valence electrons. The van der Waals surface area contributed by atoms with Gasteiger partial charge in [-0.25, -0.2) is 4.98 Å². The third-order valence-electron chi connectivity index (χ3n) is 11.3. The Morgan fingerprint density at radius 1 is 1.12 bits per heavy atom. The molecule has 1 aromatic rings. The molecule has 0 amide bonds. The summed E-state index contributed by atoms with van der Waals surface area (Å²) < 4.78 is 0. The van der Waals surface area contributed by atoms with Crippen molar-refractivity contribution in [3.8, 4) is 0 Å². The van der Waals surface area contributed by atoms with Gasteiger partial charge in [-0.1, -0.05) is 65.5 Å². The van der Waals surface area contributed by atoms with Crippen molar-refractivity contribution in [3.63, 3.8) is 0 Å². The zero-order chi connectivity index (χ0) is 23.4. The number of aromatic nitrogens is 2. The molecule has 1 heterocycles. The molecule has 0 saturated heterocycles. The largest absolute Gasteiger partial charge is 0.393 e. The number of rotatable bonds is 6. The van der Waals surface area contributed by atoms with Crippen LogP contribution in [0.2, 0.25) is 0 Å². The molecule has 0 bridgehead atoms. The Morgan fingerprint density at radius 2 is 1.94 bits per heavy atom. The highest BCUT2D eigenvalue weighted by molar-refractivity contribution is 5.31. The van der Waals surface area contributed by atoms with Crippen LogP contribution in [0.5, 0.6) is 0 Å². The van der Waals surface area contributed by atoms with E-state index in [4.69, 9.17) is 4.98 Å². The van der Waals surface area contributed by atoms with Crippen LogP contribution in [0.4, 0.5) is 0 Å². The van der Waals surface area contributed by atoms with Crippen molar-refractivity contribution >= 4 is 0 Å². The molecule has 1 aromatic heterocycles. The quantitative estimate of drug-likeness (QED) is 0.439. The molecule has 2 N–H and O–H groups in total. The standard InChI is InChI=1S/C30H48N2O/c1-19(2)7-6-8-20(3)24-11-12-25-23-10-9-21-17-22(33)18-27(28-31-15-16-32-28)30(21,5)26(23)13-14-29(24,25)4/h9,15-16,19-20,22-27,33H,6-8,10-14,17-18H2,1-5H3,(H,31,32)/t20-,22-,23+,24-,25+,26+,27?,29-,30+/m1/s1. The fourth-order valence-electron chi connectivity index (χ4n) is 9.62. The first-order chi connectivity index (χ1) is 15.7. The van der Waals surface area contributed by atoms with Crippen molar-refractivity contribution in [2.75, 3.05) is 0 Å². The van der Waals surface area contributed by atoms with Crippen molar-refractivity contribution in [2.24, 2.45) is 46.3 Å². The van der Waals surface area contributed by atoms with Gasteiger partial charge in [-0.3, -0.25) is 0 Å². The number of nitrogens with one attached hydrogen (secondary N) is 1. The summed E-state index contributed by atoms with van der Waals surface area (Å²) in [5.41, 5.74) is 2.20. The number of aliphatic hydroxyl groups excluding tert-OH is 1. The lowest BCUT2D eigenvalue weighted by atomic mass is 9.44. The molecule has 4 aliphatic rings. The smallest absolute Gasteiger partial charge is 0.110 e. The average molecular weight is 453 g/mol. The van der Waals surface area contributed by atoms with E-state index in [1.807, 2.05) is 12.4 Å². The van der Waals surface area contributed by atoms with Gasteiger partial charge in [0.2, 0.25) is 0 Å². The Hall–Kier alpha value is -1.09.